The molecule has 1 aliphatic rings. The van der Waals surface area contributed by atoms with Crippen molar-refractivity contribution in [3.05, 3.63) is 12.8 Å². The molecular formula is C8H11F3N2O2S. The van der Waals surface area contributed by atoms with Crippen molar-refractivity contribution in [3.8, 4) is 0 Å². The molecule has 0 saturated carbocycles. The van der Waals surface area contributed by atoms with Crippen molar-refractivity contribution in [1.29, 1.82) is 0 Å². The summed E-state index contributed by atoms with van der Waals surface area (Å²) in [5.74, 6) is -0.732. The average Bonchev–Trinajstić information content (AvgIpc) is 2.88. The minimum Gasteiger partial charge on any atom is -0.332 e. The number of hydrogen-bond acceptors (Lipinski definition) is 4. The summed E-state index contributed by atoms with van der Waals surface area (Å²) >= 11 is 0.558. The molecule has 1 heterocycles. The third kappa shape index (κ3) is 2.89. The molecule has 1 amide bonds. The summed E-state index contributed by atoms with van der Waals surface area (Å²) in [6.07, 6.45) is -3.38. The fraction of sp³-hybridized carbons (Fsp3) is 0.625. The Kier molecular flexibility index (Phi) is 4.22. The average molecular weight is 256 g/mol. The van der Waals surface area contributed by atoms with Crippen LogP contribution in [0.2, 0.25) is 0 Å². The van der Waals surface area contributed by atoms with Gasteiger partial charge in [0.2, 0.25) is 5.91 Å². The lowest BCUT2D eigenvalue weighted by molar-refractivity contribution is -0.137. The van der Waals surface area contributed by atoms with Gasteiger partial charge in [-0.05, 0) is 13.1 Å². The normalized spacial score (nSPS) is 28.6. The molecule has 0 aromatic rings. The summed E-state index contributed by atoms with van der Waals surface area (Å²) in [6, 6.07) is -3.03. The smallest absolute Gasteiger partial charge is 0.332 e. The molecule has 0 radical (unpaired) electrons. The third-order valence-corrected chi connectivity index (χ3v) is 2.83. The van der Waals surface area contributed by atoms with E-state index >= 15 is 0 Å². The summed E-state index contributed by atoms with van der Waals surface area (Å²) in [7, 11) is 0. The molecule has 3 atom stereocenters. The Hall–Kier alpha value is -0.730. The first-order valence-corrected chi connectivity index (χ1v) is 5.19. The van der Waals surface area contributed by atoms with Gasteiger partial charge in [-0.2, -0.15) is 17.5 Å². The van der Waals surface area contributed by atoms with Gasteiger partial charge in [0.15, 0.2) is 0 Å². The van der Waals surface area contributed by atoms with Gasteiger partial charge in [-0.25, -0.2) is 0 Å². The molecule has 92 valence electrons. The summed E-state index contributed by atoms with van der Waals surface area (Å²) in [5.41, 5.74) is 0. The van der Waals surface area contributed by atoms with Crippen molar-refractivity contribution < 1.29 is 22.1 Å². The molecule has 0 bridgehead atoms. The summed E-state index contributed by atoms with van der Waals surface area (Å²) < 4.78 is 43.0. The highest BCUT2D eigenvalue weighted by Crippen LogP contribution is 2.46. The molecule has 4 nitrogen and oxygen atoms in total. The van der Waals surface area contributed by atoms with Crippen LogP contribution in [0.3, 0.4) is 0 Å². The standard InChI is InChI=1S/C8H11F3N2O2S/c1-3-12-7(14)5-6(8(9,10)11)13(5)16-15-4-2/h3,5-6H,1,4H2,2H3,(H,12,14). The molecule has 8 heteroatoms. The van der Waals surface area contributed by atoms with E-state index in [9.17, 15) is 18.0 Å². The maximum absolute atomic E-state index is 12.5. The number of hydrogen-bond donors (Lipinski definition) is 1. The van der Waals surface area contributed by atoms with Gasteiger partial charge in [-0.3, -0.25) is 4.79 Å². The van der Waals surface area contributed by atoms with Crippen molar-refractivity contribution >= 4 is 18.1 Å². The van der Waals surface area contributed by atoms with Crippen molar-refractivity contribution in [2.45, 2.75) is 25.2 Å². The lowest BCUT2D eigenvalue weighted by Gasteiger charge is -2.03. The van der Waals surface area contributed by atoms with E-state index in [-0.39, 0.29) is 6.61 Å². The number of rotatable bonds is 5. The van der Waals surface area contributed by atoms with Crippen LogP contribution < -0.4 is 5.32 Å². The van der Waals surface area contributed by atoms with Crippen LogP contribution in [-0.2, 0) is 8.98 Å². The van der Waals surface area contributed by atoms with Crippen LogP contribution in [0.1, 0.15) is 6.92 Å². The number of nitrogens with zero attached hydrogens (tertiary/aromatic N) is 1. The molecule has 16 heavy (non-hydrogen) atoms. The highest BCUT2D eigenvalue weighted by Gasteiger charge is 2.67. The second kappa shape index (κ2) is 5.07. The number of nitrogens with one attached hydrogen (secondary N) is 1. The Morgan fingerprint density at radius 1 is 1.69 bits per heavy atom. The minimum atomic E-state index is -4.44. The third-order valence-electron chi connectivity index (χ3n) is 1.86. The Morgan fingerprint density at radius 2 is 2.31 bits per heavy atom. The summed E-state index contributed by atoms with van der Waals surface area (Å²) in [4.78, 5) is 11.2. The molecule has 3 unspecified atom stereocenters. The Labute approximate surface area is 95.1 Å². The van der Waals surface area contributed by atoms with Crippen LogP contribution in [0.4, 0.5) is 13.2 Å². The van der Waals surface area contributed by atoms with Gasteiger partial charge in [0.1, 0.15) is 12.1 Å². The van der Waals surface area contributed by atoms with Gasteiger partial charge in [0.05, 0.1) is 18.8 Å². The Bertz CT molecular complexity index is 285. The Morgan fingerprint density at radius 3 is 2.75 bits per heavy atom. The summed E-state index contributed by atoms with van der Waals surface area (Å²) in [5, 5.41) is 2.13. The highest BCUT2D eigenvalue weighted by molar-refractivity contribution is 7.92. The lowest BCUT2D eigenvalue weighted by Crippen LogP contribution is -2.28. The minimum absolute atomic E-state index is 0.265. The quantitative estimate of drug-likeness (QED) is 0.459. The number of alkyl halides is 3. The lowest BCUT2D eigenvalue weighted by atomic mass is 10.3. The number of carbonyl (C=O) groups excluding carboxylic acids is 1. The van der Waals surface area contributed by atoms with Crippen LogP contribution in [0, 0.1) is 0 Å². The van der Waals surface area contributed by atoms with Crippen LogP contribution in [0.5, 0.6) is 0 Å². The monoisotopic (exact) mass is 256 g/mol. The molecular weight excluding hydrogens is 245 g/mol. The Balaban J connectivity index is 2.61. The largest absolute Gasteiger partial charge is 0.407 e. The van der Waals surface area contributed by atoms with Crippen LogP contribution in [-0.4, -0.2) is 35.1 Å². The van der Waals surface area contributed by atoms with Gasteiger partial charge in [-0.15, -0.1) is 0 Å². The molecule has 1 rings (SSSR count). The molecule has 0 spiro atoms. The zero-order valence-electron chi connectivity index (χ0n) is 8.45. The van der Waals surface area contributed by atoms with Crippen molar-refractivity contribution in [1.82, 2.24) is 9.62 Å². The number of amides is 1. The van der Waals surface area contributed by atoms with Gasteiger partial charge in [0, 0.05) is 0 Å². The molecule has 1 N–H and O–H groups in total. The number of carbonyl (C=O) groups is 1. The van der Waals surface area contributed by atoms with Gasteiger partial charge >= 0.3 is 6.18 Å². The SMILES string of the molecule is C=CNC(=O)C1C(C(F)(F)F)N1SOCC. The van der Waals surface area contributed by atoms with E-state index in [0.717, 1.165) is 10.5 Å². The summed E-state index contributed by atoms with van der Waals surface area (Å²) in [6.45, 7) is 5.13. The molecule has 0 aromatic heterocycles. The molecule has 1 aliphatic heterocycles. The first-order valence-electron chi connectivity index (χ1n) is 4.49. The fourth-order valence-corrected chi connectivity index (χ4v) is 1.99. The first kappa shape index (κ1) is 13.3. The van der Waals surface area contributed by atoms with E-state index in [2.05, 4.69) is 11.9 Å². The van der Waals surface area contributed by atoms with E-state index in [1.54, 1.807) is 6.92 Å². The predicted molar refractivity (Wildman–Crippen MR) is 53.0 cm³/mol. The number of halogens is 3. The topological polar surface area (TPSA) is 41.3 Å². The second-order valence-electron chi connectivity index (χ2n) is 2.98. The van der Waals surface area contributed by atoms with Crippen molar-refractivity contribution in [2.24, 2.45) is 0 Å². The van der Waals surface area contributed by atoms with E-state index in [4.69, 9.17) is 4.18 Å². The highest BCUT2D eigenvalue weighted by atomic mass is 32.2. The van der Waals surface area contributed by atoms with Crippen molar-refractivity contribution in [2.75, 3.05) is 6.61 Å². The first-order chi connectivity index (χ1) is 7.43. The van der Waals surface area contributed by atoms with Crippen molar-refractivity contribution in [3.63, 3.8) is 0 Å². The molecule has 0 aliphatic carbocycles. The zero-order chi connectivity index (χ0) is 12.3. The maximum atomic E-state index is 12.5. The predicted octanol–water partition coefficient (Wildman–Crippen LogP) is 1.46. The van der Waals surface area contributed by atoms with Crippen LogP contribution in [0.15, 0.2) is 12.8 Å². The van der Waals surface area contributed by atoms with Crippen LogP contribution >= 0.6 is 12.2 Å². The fourth-order valence-electron chi connectivity index (χ4n) is 1.19. The molecule has 1 saturated heterocycles. The second-order valence-corrected chi connectivity index (χ2v) is 3.79. The maximum Gasteiger partial charge on any atom is 0.407 e. The van der Waals surface area contributed by atoms with E-state index in [1.807, 2.05) is 0 Å². The van der Waals surface area contributed by atoms with E-state index in [0.29, 0.717) is 12.2 Å². The van der Waals surface area contributed by atoms with Gasteiger partial charge in [-0.1, -0.05) is 6.58 Å². The molecule has 1 fully saturated rings. The van der Waals surface area contributed by atoms with E-state index in [1.165, 1.54) is 0 Å². The van der Waals surface area contributed by atoms with Crippen LogP contribution in [0.25, 0.3) is 0 Å². The van der Waals surface area contributed by atoms with E-state index < -0.39 is 24.2 Å². The van der Waals surface area contributed by atoms with Gasteiger partial charge < -0.3 is 9.50 Å². The molecule has 0 aromatic carbocycles. The zero-order valence-corrected chi connectivity index (χ0v) is 9.27. The van der Waals surface area contributed by atoms with Gasteiger partial charge in [0.25, 0.3) is 0 Å².